The number of likely N-dealkylation sites (tertiary alicyclic amines) is 1. The van der Waals surface area contributed by atoms with Crippen LogP contribution >= 0.6 is 0 Å². The Bertz CT molecular complexity index is 280. The molecule has 1 saturated heterocycles. The van der Waals surface area contributed by atoms with Gasteiger partial charge in [-0.2, -0.15) is 0 Å². The Morgan fingerprint density at radius 3 is 2.67 bits per heavy atom. The van der Waals surface area contributed by atoms with Gasteiger partial charge in [0, 0.05) is 19.5 Å². The van der Waals surface area contributed by atoms with Gasteiger partial charge in [-0.05, 0) is 44.7 Å². The van der Waals surface area contributed by atoms with Crippen molar-refractivity contribution in [1.29, 1.82) is 0 Å². The molecule has 1 heterocycles. The third-order valence-electron chi connectivity index (χ3n) is 4.01. The lowest BCUT2D eigenvalue weighted by molar-refractivity contribution is -0.121. The molecule has 0 aromatic carbocycles. The van der Waals surface area contributed by atoms with Crippen LogP contribution in [0.25, 0.3) is 0 Å². The molecule has 0 radical (unpaired) electrons. The van der Waals surface area contributed by atoms with Crippen molar-refractivity contribution >= 4 is 5.91 Å². The van der Waals surface area contributed by atoms with E-state index in [9.17, 15) is 4.79 Å². The highest BCUT2D eigenvalue weighted by Gasteiger charge is 2.14. The zero-order chi connectivity index (χ0) is 12.6. The molecule has 1 amide bonds. The Hall–Kier alpha value is -0.830. The van der Waals surface area contributed by atoms with E-state index in [2.05, 4.69) is 22.4 Å². The van der Waals surface area contributed by atoms with E-state index in [-0.39, 0.29) is 5.91 Å². The molecule has 2 rings (SSSR count). The number of carbonyl (C=O) groups is 1. The van der Waals surface area contributed by atoms with Crippen LogP contribution in [0.15, 0.2) is 12.2 Å². The number of carbonyl (C=O) groups excluding carboxylic acids is 1. The maximum absolute atomic E-state index is 11.7. The van der Waals surface area contributed by atoms with Crippen LogP contribution in [0.5, 0.6) is 0 Å². The number of allylic oxidation sites excluding steroid dienone is 2. The molecule has 1 fully saturated rings. The van der Waals surface area contributed by atoms with Gasteiger partial charge in [-0.15, -0.1) is 0 Å². The summed E-state index contributed by atoms with van der Waals surface area (Å²) in [6.45, 7) is 4.25. The topological polar surface area (TPSA) is 32.3 Å². The first-order chi connectivity index (χ1) is 8.84. The second-order valence-corrected chi connectivity index (χ2v) is 5.58. The Kier molecular flexibility index (Phi) is 5.72. The van der Waals surface area contributed by atoms with Crippen molar-refractivity contribution in [2.45, 2.75) is 44.9 Å². The second-order valence-electron chi connectivity index (χ2n) is 5.58. The van der Waals surface area contributed by atoms with Gasteiger partial charge in [0.1, 0.15) is 0 Å². The van der Waals surface area contributed by atoms with Crippen LogP contribution in [0.2, 0.25) is 0 Å². The van der Waals surface area contributed by atoms with Crippen LogP contribution < -0.4 is 5.32 Å². The van der Waals surface area contributed by atoms with Gasteiger partial charge in [0.15, 0.2) is 0 Å². The fourth-order valence-corrected chi connectivity index (χ4v) is 2.89. The van der Waals surface area contributed by atoms with Crippen LogP contribution in [0, 0.1) is 5.92 Å². The first-order valence-electron chi connectivity index (χ1n) is 7.50. The molecule has 18 heavy (non-hydrogen) atoms. The molecular weight excluding hydrogens is 224 g/mol. The molecule has 1 aliphatic carbocycles. The minimum atomic E-state index is 0.223. The molecule has 102 valence electrons. The minimum absolute atomic E-state index is 0.223. The smallest absolute Gasteiger partial charge is 0.220 e. The van der Waals surface area contributed by atoms with Gasteiger partial charge in [-0.3, -0.25) is 4.79 Å². The lowest BCUT2D eigenvalue weighted by Crippen LogP contribution is -2.35. The number of nitrogens with zero attached hydrogens (tertiary/aromatic N) is 1. The summed E-state index contributed by atoms with van der Waals surface area (Å²) in [7, 11) is 0. The zero-order valence-electron chi connectivity index (χ0n) is 11.4. The number of amides is 1. The maximum Gasteiger partial charge on any atom is 0.220 e. The number of rotatable bonds is 5. The van der Waals surface area contributed by atoms with Crippen LogP contribution in [0.3, 0.4) is 0 Å². The van der Waals surface area contributed by atoms with Gasteiger partial charge in [-0.1, -0.05) is 25.0 Å². The molecule has 0 bridgehead atoms. The molecule has 3 nitrogen and oxygen atoms in total. The Morgan fingerprint density at radius 1 is 1.22 bits per heavy atom. The Morgan fingerprint density at radius 2 is 2.00 bits per heavy atom. The van der Waals surface area contributed by atoms with Gasteiger partial charge in [0.05, 0.1) is 0 Å². The van der Waals surface area contributed by atoms with Crippen molar-refractivity contribution in [3.05, 3.63) is 12.2 Å². The molecule has 1 N–H and O–H groups in total. The lowest BCUT2D eigenvalue weighted by Gasteiger charge is -2.19. The van der Waals surface area contributed by atoms with E-state index in [1.165, 1.54) is 38.8 Å². The van der Waals surface area contributed by atoms with E-state index < -0.39 is 0 Å². The third-order valence-corrected chi connectivity index (χ3v) is 4.01. The van der Waals surface area contributed by atoms with E-state index in [0.29, 0.717) is 12.3 Å². The van der Waals surface area contributed by atoms with Gasteiger partial charge in [0.25, 0.3) is 0 Å². The summed E-state index contributed by atoms with van der Waals surface area (Å²) in [5, 5.41) is 3.06. The van der Waals surface area contributed by atoms with Crippen LogP contribution in [-0.2, 0) is 4.79 Å². The number of hydrogen-bond acceptors (Lipinski definition) is 2. The van der Waals surface area contributed by atoms with Crippen LogP contribution in [0.1, 0.15) is 44.9 Å². The first-order valence-corrected chi connectivity index (χ1v) is 7.50. The monoisotopic (exact) mass is 250 g/mol. The van der Waals surface area contributed by atoms with Crippen LogP contribution in [0.4, 0.5) is 0 Å². The minimum Gasteiger partial charge on any atom is -0.355 e. The fourth-order valence-electron chi connectivity index (χ4n) is 2.89. The largest absolute Gasteiger partial charge is 0.355 e. The summed E-state index contributed by atoms with van der Waals surface area (Å²) in [6.07, 6.45) is 12.7. The quantitative estimate of drug-likeness (QED) is 0.760. The highest BCUT2D eigenvalue weighted by atomic mass is 16.1. The Balaban J connectivity index is 1.56. The maximum atomic E-state index is 11.7. The highest BCUT2D eigenvalue weighted by Crippen LogP contribution is 2.19. The number of nitrogens with one attached hydrogen (secondary N) is 1. The predicted molar refractivity (Wildman–Crippen MR) is 74.4 cm³/mol. The SMILES string of the molecule is O=C(C[C@H]1C=CCC1)NCCN1CCCCCC1. The normalized spacial score (nSPS) is 25.0. The van der Waals surface area contributed by atoms with Gasteiger partial charge < -0.3 is 10.2 Å². The molecule has 3 heteroatoms. The highest BCUT2D eigenvalue weighted by molar-refractivity contribution is 5.76. The van der Waals surface area contributed by atoms with E-state index in [1.807, 2.05) is 0 Å². The third kappa shape index (κ3) is 4.81. The average Bonchev–Trinajstić information content (AvgIpc) is 2.72. The van der Waals surface area contributed by atoms with Crippen molar-refractivity contribution in [3.8, 4) is 0 Å². The fraction of sp³-hybridized carbons (Fsp3) is 0.800. The molecule has 0 saturated carbocycles. The van der Waals surface area contributed by atoms with E-state index in [4.69, 9.17) is 0 Å². The van der Waals surface area contributed by atoms with Gasteiger partial charge >= 0.3 is 0 Å². The van der Waals surface area contributed by atoms with E-state index >= 15 is 0 Å². The Labute approximate surface area is 111 Å². The van der Waals surface area contributed by atoms with Crippen molar-refractivity contribution in [2.75, 3.05) is 26.2 Å². The molecule has 2 aliphatic rings. The van der Waals surface area contributed by atoms with Crippen molar-refractivity contribution in [3.63, 3.8) is 0 Å². The van der Waals surface area contributed by atoms with E-state index in [1.54, 1.807) is 0 Å². The van der Waals surface area contributed by atoms with Crippen molar-refractivity contribution in [2.24, 2.45) is 5.92 Å². The summed E-state index contributed by atoms with van der Waals surface area (Å²) < 4.78 is 0. The molecule has 0 aromatic rings. The second kappa shape index (κ2) is 7.57. The summed E-state index contributed by atoms with van der Waals surface area (Å²) in [5.41, 5.74) is 0. The molecular formula is C15H26N2O. The molecule has 1 aliphatic heterocycles. The van der Waals surface area contributed by atoms with E-state index in [0.717, 1.165) is 25.9 Å². The average molecular weight is 250 g/mol. The lowest BCUT2D eigenvalue weighted by atomic mass is 10.1. The van der Waals surface area contributed by atoms with Gasteiger partial charge in [-0.25, -0.2) is 0 Å². The summed E-state index contributed by atoms with van der Waals surface area (Å²) in [4.78, 5) is 14.2. The van der Waals surface area contributed by atoms with Crippen molar-refractivity contribution in [1.82, 2.24) is 10.2 Å². The molecule has 1 atom stereocenters. The number of hydrogen-bond donors (Lipinski definition) is 1. The van der Waals surface area contributed by atoms with Crippen LogP contribution in [-0.4, -0.2) is 37.0 Å². The molecule has 0 spiro atoms. The molecule has 0 unspecified atom stereocenters. The zero-order valence-corrected chi connectivity index (χ0v) is 11.4. The standard InChI is InChI=1S/C15H26N2O/c18-15(13-14-7-3-4-8-14)16-9-12-17-10-5-1-2-6-11-17/h3,7,14H,1-2,4-6,8-13H2,(H,16,18)/t14-/m0/s1. The molecule has 0 aromatic heterocycles. The summed E-state index contributed by atoms with van der Waals surface area (Å²) in [5.74, 6) is 0.713. The summed E-state index contributed by atoms with van der Waals surface area (Å²) >= 11 is 0. The predicted octanol–water partition coefficient (Wildman–Crippen LogP) is 2.33. The van der Waals surface area contributed by atoms with Gasteiger partial charge in [0.2, 0.25) is 5.91 Å². The van der Waals surface area contributed by atoms with Crippen molar-refractivity contribution < 1.29 is 4.79 Å². The summed E-state index contributed by atoms with van der Waals surface area (Å²) in [6, 6.07) is 0. The first kappa shape index (κ1) is 13.6.